The van der Waals surface area contributed by atoms with Gasteiger partial charge in [-0.15, -0.1) is 59.3 Å². The smallest absolute Gasteiger partial charge is 1.00 e. The Kier molecular flexibility index (Phi) is 14.3. The first-order valence-electron chi connectivity index (χ1n) is 7.14. The molecule has 0 aliphatic rings. The van der Waals surface area contributed by atoms with E-state index in [0.717, 1.165) is 0 Å². The Balaban J connectivity index is 0. The van der Waals surface area contributed by atoms with Crippen molar-refractivity contribution in [3.05, 3.63) is 84.9 Å². The van der Waals surface area contributed by atoms with Crippen molar-refractivity contribution in [3.63, 3.8) is 0 Å². The molecule has 0 nitrogen and oxygen atoms in total. The van der Waals surface area contributed by atoms with Crippen LogP contribution >= 0.6 is 0 Å². The van der Waals surface area contributed by atoms with Crippen LogP contribution in [0.1, 0.15) is 13.8 Å². The molecule has 0 saturated carbocycles. The fourth-order valence-corrected chi connectivity index (χ4v) is 2.14. The molecule has 3 heteroatoms. The maximum atomic E-state index is 2.12. The van der Waals surface area contributed by atoms with E-state index in [9.17, 15) is 0 Å². The first-order chi connectivity index (χ1) is 9.93. The van der Waals surface area contributed by atoms with E-state index in [1.165, 1.54) is 21.5 Å². The molecule has 0 spiro atoms. The van der Waals surface area contributed by atoms with Crippen LogP contribution in [0.4, 0.5) is 0 Å². The molecule has 0 amide bonds. The van der Waals surface area contributed by atoms with Gasteiger partial charge in [0.05, 0.1) is 0 Å². The molecule has 0 aromatic heterocycles. The van der Waals surface area contributed by atoms with Crippen molar-refractivity contribution in [1.82, 2.24) is 0 Å². The summed E-state index contributed by atoms with van der Waals surface area (Å²) in [5, 5.41) is 5.32. The Hall–Kier alpha value is -0.890. The van der Waals surface area contributed by atoms with Crippen LogP contribution in [0.5, 0.6) is 0 Å². The van der Waals surface area contributed by atoms with Crippen molar-refractivity contribution in [2.45, 2.75) is 13.8 Å². The predicted molar refractivity (Wildman–Crippen MR) is 90.4 cm³/mol. The van der Waals surface area contributed by atoms with E-state index in [-0.39, 0.29) is 50.7 Å². The molecular weight excluding hydrogens is 490 g/mol. The number of hydrogen-bond acceptors (Lipinski definition) is 0. The van der Waals surface area contributed by atoms with Gasteiger partial charge in [-0.25, -0.2) is 0 Å². The minimum absolute atomic E-state index is 0. The van der Waals surface area contributed by atoms with E-state index in [2.05, 4.69) is 84.9 Å². The number of benzene rings is 2. The molecule has 23 heavy (non-hydrogen) atoms. The van der Waals surface area contributed by atoms with Gasteiger partial charge >= 0.3 is 25.8 Å². The van der Waals surface area contributed by atoms with Crippen molar-refractivity contribution < 1.29 is 50.7 Å². The summed E-state index contributed by atoms with van der Waals surface area (Å²) in [5.74, 6) is 0. The summed E-state index contributed by atoms with van der Waals surface area (Å²) in [7, 11) is 0. The summed E-state index contributed by atoms with van der Waals surface area (Å²) in [6.45, 7) is 4.00. The fraction of sp³-hybridized carbons (Fsp3) is 0.100. The maximum Gasteiger partial charge on any atom is 4.00 e. The van der Waals surface area contributed by atoms with E-state index in [1.54, 1.807) is 0 Å². The molecule has 0 unspecified atom stereocenters. The van der Waals surface area contributed by atoms with Crippen LogP contribution in [0.3, 0.4) is 0 Å². The SMILES string of the molecule is CC.[Cl-].[Cl-].[Hf+4].c1ccc2[cH-]ccc2c1.c1ccc2[cH-]ccc2c1. The first kappa shape index (κ1) is 24.4. The second-order valence-electron chi connectivity index (χ2n) is 4.31. The third-order valence-electron chi connectivity index (χ3n) is 3.10. The normalized spacial score (nSPS) is 8.26. The van der Waals surface area contributed by atoms with Crippen LogP contribution in [0, 0.1) is 0 Å². The Labute approximate surface area is 170 Å². The average Bonchev–Trinajstić information content (AvgIpc) is 3.18. The molecule has 118 valence electrons. The molecule has 0 fully saturated rings. The monoisotopic (exact) mass is 510 g/mol. The van der Waals surface area contributed by atoms with Crippen LogP contribution in [-0.4, -0.2) is 0 Å². The van der Waals surface area contributed by atoms with Crippen LogP contribution in [0.25, 0.3) is 21.5 Å². The van der Waals surface area contributed by atoms with Crippen molar-refractivity contribution >= 4 is 21.5 Å². The molecule has 0 bridgehead atoms. The molecule has 0 aliphatic carbocycles. The third-order valence-corrected chi connectivity index (χ3v) is 3.10. The minimum Gasteiger partial charge on any atom is -1.00 e. The van der Waals surface area contributed by atoms with Gasteiger partial charge in [-0.2, -0.15) is 35.0 Å². The van der Waals surface area contributed by atoms with Gasteiger partial charge in [0.1, 0.15) is 0 Å². The molecule has 0 heterocycles. The summed E-state index contributed by atoms with van der Waals surface area (Å²) < 4.78 is 0. The summed E-state index contributed by atoms with van der Waals surface area (Å²) in [6, 6.07) is 29.3. The summed E-state index contributed by atoms with van der Waals surface area (Å²) in [6.07, 6.45) is 0. The van der Waals surface area contributed by atoms with Crippen LogP contribution in [0.15, 0.2) is 84.9 Å². The van der Waals surface area contributed by atoms with Crippen molar-refractivity contribution in [1.29, 1.82) is 0 Å². The topological polar surface area (TPSA) is 0 Å². The van der Waals surface area contributed by atoms with Gasteiger partial charge in [0.15, 0.2) is 0 Å². The first-order valence-corrected chi connectivity index (χ1v) is 7.14. The molecule has 0 saturated heterocycles. The molecule has 4 aromatic rings. The number of fused-ring (bicyclic) bond motifs is 2. The Morgan fingerprint density at radius 2 is 0.913 bits per heavy atom. The minimum atomic E-state index is 0. The number of halogens is 2. The van der Waals surface area contributed by atoms with E-state index in [0.29, 0.717) is 0 Å². The van der Waals surface area contributed by atoms with Gasteiger partial charge in [-0.05, 0) is 0 Å². The van der Waals surface area contributed by atoms with E-state index in [4.69, 9.17) is 0 Å². The summed E-state index contributed by atoms with van der Waals surface area (Å²) >= 11 is 0. The third kappa shape index (κ3) is 7.03. The van der Waals surface area contributed by atoms with Crippen LogP contribution in [-0.2, 0) is 25.8 Å². The zero-order valence-corrected chi connectivity index (χ0v) is 18.4. The Morgan fingerprint density at radius 3 is 1.26 bits per heavy atom. The van der Waals surface area contributed by atoms with Gasteiger partial charge in [0.2, 0.25) is 0 Å². The summed E-state index contributed by atoms with van der Waals surface area (Å²) in [4.78, 5) is 0. The molecule has 0 atom stereocenters. The Bertz CT molecular complexity index is 630. The molecule has 0 radical (unpaired) electrons. The second kappa shape index (κ2) is 13.5. The molecule has 4 rings (SSSR count). The number of rotatable bonds is 0. The van der Waals surface area contributed by atoms with Crippen LogP contribution < -0.4 is 24.8 Å². The average molecular weight is 510 g/mol. The van der Waals surface area contributed by atoms with E-state index < -0.39 is 0 Å². The van der Waals surface area contributed by atoms with Crippen molar-refractivity contribution in [3.8, 4) is 0 Å². The van der Waals surface area contributed by atoms with E-state index in [1.807, 2.05) is 13.8 Å². The largest absolute Gasteiger partial charge is 4.00 e. The second-order valence-corrected chi connectivity index (χ2v) is 4.31. The Morgan fingerprint density at radius 1 is 0.565 bits per heavy atom. The molecule has 0 aliphatic heterocycles. The van der Waals surface area contributed by atoms with Gasteiger partial charge in [-0.1, -0.05) is 26.0 Å². The van der Waals surface area contributed by atoms with Gasteiger partial charge in [0.25, 0.3) is 0 Å². The fourth-order valence-electron chi connectivity index (χ4n) is 2.14. The number of hydrogen-bond donors (Lipinski definition) is 0. The van der Waals surface area contributed by atoms with Gasteiger partial charge < -0.3 is 24.8 Å². The van der Waals surface area contributed by atoms with Crippen LogP contribution in [0.2, 0.25) is 0 Å². The van der Waals surface area contributed by atoms with Crippen molar-refractivity contribution in [2.24, 2.45) is 0 Å². The standard InChI is InChI=1S/2C9H7.C2H6.2ClH.Hf/c2*1-2-5-9-7-3-6-8(9)4-1;1-2;;;/h2*1-7H;1-2H3;2*1H;/q2*-1;;;;+4/p-2. The summed E-state index contributed by atoms with van der Waals surface area (Å²) in [5.41, 5.74) is 0. The van der Waals surface area contributed by atoms with Gasteiger partial charge in [0, 0.05) is 0 Å². The van der Waals surface area contributed by atoms with Gasteiger partial charge in [-0.3, -0.25) is 0 Å². The quantitative estimate of drug-likeness (QED) is 0.234. The maximum absolute atomic E-state index is 2.12. The predicted octanol–water partition coefficient (Wildman–Crippen LogP) is 0.149. The zero-order chi connectivity index (χ0) is 14.2. The van der Waals surface area contributed by atoms with E-state index >= 15 is 0 Å². The molecule has 0 N–H and O–H groups in total. The molecular formula is C20H20Cl2Hf. The molecule has 4 aromatic carbocycles. The van der Waals surface area contributed by atoms with Crippen molar-refractivity contribution in [2.75, 3.05) is 0 Å². The zero-order valence-electron chi connectivity index (χ0n) is 13.3.